The Morgan fingerprint density at radius 3 is 2.57 bits per heavy atom. The Morgan fingerprint density at radius 2 is 2.07 bits per heavy atom. The van der Waals surface area contributed by atoms with Gasteiger partial charge in [0.15, 0.2) is 0 Å². The third kappa shape index (κ3) is 11.4. The molecule has 0 saturated carbocycles. The maximum absolute atomic E-state index is 10.7. The molecule has 0 aromatic carbocycles. The second-order valence-corrected chi connectivity index (χ2v) is 2.27. The van der Waals surface area contributed by atoms with Crippen molar-refractivity contribution < 1.29 is 50.4 Å². The maximum atomic E-state index is 10.7. The van der Waals surface area contributed by atoms with Crippen LogP contribution in [0.4, 0.5) is 0 Å². The Morgan fingerprint density at radius 1 is 1.43 bits per heavy atom. The molecule has 0 bridgehead atoms. The number of aliphatic carboxylic acids is 1. The van der Waals surface area contributed by atoms with Crippen molar-refractivity contribution in [2.75, 3.05) is 0 Å². The van der Waals surface area contributed by atoms with Crippen LogP contribution in [-0.4, -0.2) is 17.0 Å². The average molecular weight is 208 g/mol. The van der Waals surface area contributed by atoms with Crippen molar-refractivity contribution in [3.8, 4) is 0 Å². The number of rotatable bonds is 5. The number of carboxylic acids is 1. The van der Waals surface area contributed by atoms with E-state index in [9.17, 15) is 9.59 Å². The van der Waals surface area contributed by atoms with Gasteiger partial charge < -0.3 is 11.3 Å². The zero-order chi connectivity index (χ0) is 10.1. The SMILES string of the molecule is CCCC=COC(=O)/C=C\C(=O)O.[H-].[Na+]. The van der Waals surface area contributed by atoms with Crippen molar-refractivity contribution >= 4 is 11.9 Å². The monoisotopic (exact) mass is 208 g/mol. The van der Waals surface area contributed by atoms with Gasteiger partial charge in [0.05, 0.1) is 6.26 Å². The van der Waals surface area contributed by atoms with E-state index in [2.05, 4.69) is 4.74 Å². The summed E-state index contributed by atoms with van der Waals surface area (Å²) in [5.74, 6) is -1.86. The molecule has 1 N–H and O–H groups in total. The molecule has 5 heteroatoms. The smallest absolute Gasteiger partial charge is 1.00 e. The molecule has 0 amide bonds. The molecular weight excluding hydrogens is 195 g/mol. The van der Waals surface area contributed by atoms with E-state index >= 15 is 0 Å². The quantitative estimate of drug-likeness (QED) is 0.261. The van der Waals surface area contributed by atoms with Gasteiger partial charge >= 0.3 is 41.5 Å². The van der Waals surface area contributed by atoms with Crippen LogP contribution in [0.5, 0.6) is 0 Å². The van der Waals surface area contributed by atoms with Crippen molar-refractivity contribution in [3.05, 3.63) is 24.5 Å². The second kappa shape index (κ2) is 10.5. The summed E-state index contributed by atoms with van der Waals surface area (Å²) in [6.07, 6.45) is 6.36. The molecule has 74 valence electrons. The van der Waals surface area contributed by atoms with Gasteiger partial charge in [0.1, 0.15) is 0 Å². The minimum Gasteiger partial charge on any atom is -1.00 e. The summed E-state index contributed by atoms with van der Waals surface area (Å²) < 4.78 is 4.52. The predicted octanol–water partition coefficient (Wildman–Crippen LogP) is -1.40. The van der Waals surface area contributed by atoms with Gasteiger partial charge in [-0.15, -0.1) is 0 Å². The van der Waals surface area contributed by atoms with Gasteiger partial charge in [-0.05, 0) is 12.5 Å². The number of allylic oxidation sites excluding steroid dienone is 1. The summed E-state index contributed by atoms with van der Waals surface area (Å²) >= 11 is 0. The number of hydrogen-bond donors (Lipinski definition) is 1. The third-order valence-electron chi connectivity index (χ3n) is 1.10. The number of carbonyl (C=O) groups excluding carboxylic acids is 1. The van der Waals surface area contributed by atoms with Crippen molar-refractivity contribution in [3.63, 3.8) is 0 Å². The Balaban J connectivity index is -0.000000720. The van der Waals surface area contributed by atoms with Crippen LogP contribution in [0.3, 0.4) is 0 Å². The molecule has 0 fully saturated rings. The molecule has 0 aliphatic carbocycles. The molecule has 0 aliphatic rings. The first kappa shape index (κ1) is 15.9. The van der Waals surface area contributed by atoms with Crippen LogP contribution in [-0.2, 0) is 14.3 Å². The van der Waals surface area contributed by atoms with E-state index in [1.807, 2.05) is 6.92 Å². The van der Waals surface area contributed by atoms with Crippen LogP contribution >= 0.6 is 0 Å². The predicted molar refractivity (Wildman–Crippen MR) is 48.0 cm³/mol. The van der Waals surface area contributed by atoms with Gasteiger partial charge in [-0.1, -0.05) is 13.3 Å². The number of carboxylic acid groups (broad SMARTS) is 1. The van der Waals surface area contributed by atoms with E-state index in [1.54, 1.807) is 6.08 Å². The fourth-order valence-electron chi connectivity index (χ4n) is 0.528. The summed E-state index contributed by atoms with van der Waals surface area (Å²) in [6.45, 7) is 2.00. The van der Waals surface area contributed by atoms with E-state index in [1.165, 1.54) is 6.26 Å². The molecule has 0 radical (unpaired) electrons. The fraction of sp³-hybridized carbons (Fsp3) is 0.333. The van der Waals surface area contributed by atoms with E-state index in [4.69, 9.17) is 5.11 Å². The van der Waals surface area contributed by atoms with Crippen LogP contribution in [0.2, 0.25) is 0 Å². The first-order valence-electron chi connectivity index (χ1n) is 3.93. The summed E-state index contributed by atoms with van der Waals surface area (Å²) in [7, 11) is 0. The Hall–Kier alpha value is -0.580. The average Bonchev–Trinajstić information content (AvgIpc) is 2.09. The van der Waals surface area contributed by atoms with Crippen LogP contribution in [0.15, 0.2) is 24.5 Å². The van der Waals surface area contributed by atoms with Crippen LogP contribution in [0.25, 0.3) is 0 Å². The molecular formula is C9H13NaO4. The van der Waals surface area contributed by atoms with Gasteiger partial charge in [-0.2, -0.15) is 0 Å². The van der Waals surface area contributed by atoms with Crippen molar-refractivity contribution in [2.24, 2.45) is 0 Å². The van der Waals surface area contributed by atoms with Crippen molar-refractivity contribution in [2.45, 2.75) is 19.8 Å². The zero-order valence-corrected chi connectivity index (χ0v) is 10.4. The number of carbonyl (C=O) groups is 2. The minimum atomic E-state index is -1.17. The van der Waals surface area contributed by atoms with Gasteiger partial charge in [0, 0.05) is 12.2 Å². The molecule has 0 heterocycles. The minimum absolute atomic E-state index is 0. The fourth-order valence-corrected chi connectivity index (χ4v) is 0.528. The Kier molecular flexibility index (Phi) is 11.9. The zero-order valence-electron chi connectivity index (χ0n) is 9.40. The third-order valence-corrected chi connectivity index (χ3v) is 1.10. The molecule has 0 rings (SSSR count). The van der Waals surface area contributed by atoms with E-state index in [0.717, 1.165) is 25.0 Å². The molecule has 0 spiro atoms. The largest absolute Gasteiger partial charge is 1.00 e. The number of unbranched alkanes of at least 4 members (excludes halogenated alkanes) is 1. The topological polar surface area (TPSA) is 63.6 Å². The molecule has 0 unspecified atom stereocenters. The number of esters is 1. The summed E-state index contributed by atoms with van der Waals surface area (Å²) in [5.41, 5.74) is 0. The van der Waals surface area contributed by atoms with Crippen LogP contribution in [0, 0.1) is 0 Å². The molecule has 0 aliphatic heterocycles. The summed E-state index contributed by atoms with van der Waals surface area (Å²) in [4.78, 5) is 20.7. The van der Waals surface area contributed by atoms with Gasteiger partial charge in [0.25, 0.3) is 0 Å². The van der Waals surface area contributed by atoms with Gasteiger partial charge in [-0.3, -0.25) is 0 Å². The molecule has 0 aromatic rings. The Bertz CT molecular complexity index is 238. The van der Waals surface area contributed by atoms with Crippen LogP contribution in [0.1, 0.15) is 21.2 Å². The number of hydrogen-bond acceptors (Lipinski definition) is 3. The first-order chi connectivity index (χ1) is 6.16. The molecule has 0 aromatic heterocycles. The van der Waals surface area contributed by atoms with Gasteiger partial charge in [0.2, 0.25) is 0 Å². The molecule has 0 saturated heterocycles. The van der Waals surface area contributed by atoms with E-state index in [0.29, 0.717) is 0 Å². The Labute approximate surface area is 106 Å². The van der Waals surface area contributed by atoms with Crippen LogP contribution < -0.4 is 29.6 Å². The van der Waals surface area contributed by atoms with E-state index < -0.39 is 11.9 Å². The molecule has 4 nitrogen and oxygen atoms in total. The maximum Gasteiger partial charge on any atom is 1.00 e. The first-order valence-corrected chi connectivity index (χ1v) is 3.93. The second-order valence-electron chi connectivity index (χ2n) is 2.27. The summed E-state index contributed by atoms with van der Waals surface area (Å²) in [6, 6.07) is 0. The van der Waals surface area contributed by atoms with Crippen molar-refractivity contribution in [1.29, 1.82) is 0 Å². The molecule has 14 heavy (non-hydrogen) atoms. The number of ether oxygens (including phenoxy) is 1. The standard InChI is InChI=1S/C9H12O4.Na.H/c1-2-3-4-7-13-9(12)6-5-8(10)11;;/h4-7H,2-3H2,1H3,(H,10,11);;/q;+1;-1/b6-5-,7-4?;;. The van der Waals surface area contributed by atoms with Crippen molar-refractivity contribution in [1.82, 2.24) is 0 Å². The summed E-state index contributed by atoms with van der Waals surface area (Å²) in [5, 5.41) is 8.16. The van der Waals surface area contributed by atoms with Gasteiger partial charge in [-0.25, -0.2) is 9.59 Å². The normalized spacial score (nSPS) is 10.1. The molecule has 0 atom stereocenters. The van der Waals surface area contributed by atoms with E-state index in [-0.39, 0.29) is 31.0 Å².